The summed E-state index contributed by atoms with van der Waals surface area (Å²) in [7, 11) is 0. The molecule has 7 nitrogen and oxygen atoms in total. The summed E-state index contributed by atoms with van der Waals surface area (Å²) in [5.74, 6) is -0.0575. The zero-order valence-corrected chi connectivity index (χ0v) is 18.8. The van der Waals surface area contributed by atoms with Crippen LogP contribution in [0.15, 0.2) is 42.5 Å². The van der Waals surface area contributed by atoms with E-state index in [1.165, 1.54) is 6.92 Å². The molecule has 2 rings (SSSR count). The molecule has 0 aliphatic heterocycles. The molecule has 0 heterocycles. The van der Waals surface area contributed by atoms with Gasteiger partial charge in [-0.1, -0.05) is 44.5 Å². The van der Waals surface area contributed by atoms with Crippen LogP contribution in [0, 0.1) is 6.92 Å². The molecule has 0 bridgehead atoms. The smallest absolute Gasteiger partial charge is 0.258 e. The van der Waals surface area contributed by atoms with Crippen LogP contribution in [0.3, 0.4) is 0 Å². The van der Waals surface area contributed by atoms with Gasteiger partial charge in [0, 0.05) is 31.3 Å². The number of amides is 3. The number of hydrogen-bond acceptors (Lipinski definition) is 4. The maximum absolute atomic E-state index is 12.2. The van der Waals surface area contributed by atoms with E-state index in [0.29, 0.717) is 17.0 Å². The predicted molar refractivity (Wildman–Crippen MR) is 121 cm³/mol. The fourth-order valence-corrected chi connectivity index (χ4v) is 2.97. The van der Waals surface area contributed by atoms with Crippen molar-refractivity contribution < 1.29 is 19.1 Å². The van der Waals surface area contributed by atoms with Crippen molar-refractivity contribution in [1.82, 2.24) is 10.6 Å². The first kappa shape index (κ1) is 23.9. The number of ether oxygens (including phenoxy) is 1. The Morgan fingerprint density at radius 3 is 2.35 bits per heavy atom. The minimum absolute atomic E-state index is 0.0979. The Balaban J connectivity index is 1.78. The van der Waals surface area contributed by atoms with E-state index >= 15 is 0 Å². The Labute approximate surface area is 183 Å². The third-order valence-corrected chi connectivity index (χ3v) is 4.48. The lowest BCUT2D eigenvalue weighted by atomic mass is 9.85. The van der Waals surface area contributed by atoms with Gasteiger partial charge >= 0.3 is 0 Å². The first-order valence-electron chi connectivity index (χ1n) is 10.2. The lowest BCUT2D eigenvalue weighted by Gasteiger charge is -2.23. The molecule has 7 heteroatoms. The van der Waals surface area contributed by atoms with Crippen LogP contribution in [-0.4, -0.2) is 37.4 Å². The molecule has 0 radical (unpaired) electrons. The SMILES string of the molecule is CC(=O)Nc1cccc(C(=O)NCCNC(=O)COc2ccc(C)cc2C(C)(C)C)c1. The molecular formula is C24H31N3O4. The minimum atomic E-state index is -0.285. The van der Waals surface area contributed by atoms with Gasteiger partial charge in [0.2, 0.25) is 5.91 Å². The molecule has 31 heavy (non-hydrogen) atoms. The predicted octanol–water partition coefficient (Wildman–Crippen LogP) is 3.18. The largest absolute Gasteiger partial charge is 0.483 e. The molecule has 2 aromatic carbocycles. The van der Waals surface area contributed by atoms with Crippen molar-refractivity contribution in [3.05, 3.63) is 59.2 Å². The second-order valence-electron chi connectivity index (χ2n) is 8.41. The van der Waals surface area contributed by atoms with E-state index in [-0.39, 0.29) is 42.8 Å². The van der Waals surface area contributed by atoms with Gasteiger partial charge in [0.25, 0.3) is 11.8 Å². The van der Waals surface area contributed by atoms with Crippen molar-refractivity contribution in [2.24, 2.45) is 0 Å². The van der Waals surface area contributed by atoms with Crippen LogP contribution >= 0.6 is 0 Å². The zero-order chi connectivity index (χ0) is 23.0. The number of carbonyl (C=O) groups excluding carboxylic acids is 3. The van der Waals surface area contributed by atoms with Crippen LogP contribution in [0.2, 0.25) is 0 Å². The quantitative estimate of drug-likeness (QED) is 0.566. The summed E-state index contributed by atoms with van der Waals surface area (Å²) in [4.78, 5) is 35.5. The number of anilines is 1. The fraction of sp³-hybridized carbons (Fsp3) is 0.375. The highest BCUT2D eigenvalue weighted by molar-refractivity contribution is 5.96. The second-order valence-corrected chi connectivity index (χ2v) is 8.41. The standard InChI is InChI=1S/C24H31N3O4/c1-16-9-10-21(20(13-16)24(3,4)5)31-15-22(29)25-11-12-26-23(30)18-7-6-8-19(14-18)27-17(2)28/h6-10,13-14H,11-12,15H2,1-5H3,(H,25,29)(H,26,30)(H,27,28). The van der Waals surface area contributed by atoms with Crippen molar-refractivity contribution in [2.45, 2.75) is 40.0 Å². The lowest BCUT2D eigenvalue weighted by Crippen LogP contribution is -2.37. The topological polar surface area (TPSA) is 96.5 Å². The number of benzene rings is 2. The first-order chi connectivity index (χ1) is 14.6. The molecule has 0 aliphatic rings. The van der Waals surface area contributed by atoms with Crippen LogP contribution < -0.4 is 20.7 Å². The summed E-state index contributed by atoms with van der Waals surface area (Å²) in [5.41, 5.74) is 3.07. The van der Waals surface area contributed by atoms with Crippen molar-refractivity contribution in [2.75, 3.05) is 25.0 Å². The van der Waals surface area contributed by atoms with Crippen LogP contribution in [0.25, 0.3) is 0 Å². The number of rotatable bonds is 8. The highest BCUT2D eigenvalue weighted by Crippen LogP contribution is 2.32. The van der Waals surface area contributed by atoms with Crippen LogP contribution in [-0.2, 0) is 15.0 Å². The van der Waals surface area contributed by atoms with Gasteiger partial charge in [0.1, 0.15) is 5.75 Å². The average Bonchev–Trinajstić information content (AvgIpc) is 2.69. The summed E-state index contributed by atoms with van der Waals surface area (Å²) in [5, 5.41) is 8.10. The summed E-state index contributed by atoms with van der Waals surface area (Å²) in [6.45, 7) is 10.2. The Bertz CT molecular complexity index is 948. The normalized spacial score (nSPS) is 10.9. The van der Waals surface area contributed by atoms with Gasteiger partial charge in [-0.15, -0.1) is 0 Å². The molecule has 3 amide bonds. The summed E-state index contributed by atoms with van der Waals surface area (Å²) < 4.78 is 5.74. The van der Waals surface area contributed by atoms with E-state index in [4.69, 9.17) is 4.74 Å². The van der Waals surface area contributed by atoms with Crippen molar-refractivity contribution in [3.8, 4) is 5.75 Å². The van der Waals surface area contributed by atoms with E-state index in [2.05, 4.69) is 42.8 Å². The number of aryl methyl sites for hydroxylation is 1. The highest BCUT2D eigenvalue weighted by Gasteiger charge is 2.19. The molecule has 3 N–H and O–H groups in total. The Kier molecular flexibility index (Phi) is 8.19. The van der Waals surface area contributed by atoms with Crippen molar-refractivity contribution in [3.63, 3.8) is 0 Å². The maximum atomic E-state index is 12.2. The number of nitrogens with one attached hydrogen (secondary N) is 3. The van der Waals surface area contributed by atoms with E-state index in [0.717, 1.165) is 11.1 Å². The molecule has 2 aromatic rings. The van der Waals surface area contributed by atoms with E-state index in [9.17, 15) is 14.4 Å². The molecular weight excluding hydrogens is 394 g/mol. The zero-order valence-electron chi connectivity index (χ0n) is 18.8. The van der Waals surface area contributed by atoms with Gasteiger partial charge in [0.05, 0.1) is 0 Å². The fourth-order valence-electron chi connectivity index (χ4n) is 2.97. The third kappa shape index (κ3) is 7.77. The lowest BCUT2D eigenvalue weighted by molar-refractivity contribution is -0.123. The molecule has 0 aromatic heterocycles. The second kappa shape index (κ2) is 10.6. The molecule has 0 aliphatic carbocycles. The first-order valence-corrected chi connectivity index (χ1v) is 10.2. The highest BCUT2D eigenvalue weighted by atomic mass is 16.5. The summed E-state index contributed by atoms with van der Waals surface area (Å²) in [6.07, 6.45) is 0. The van der Waals surface area contributed by atoms with Crippen LogP contribution in [0.1, 0.15) is 49.2 Å². The third-order valence-electron chi connectivity index (χ3n) is 4.48. The van der Waals surface area contributed by atoms with Gasteiger partial charge in [-0.25, -0.2) is 0 Å². The molecule has 0 saturated carbocycles. The van der Waals surface area contributed by atoms with E-state index < -0.39 is 0 Å². The summed E-state index contributed by atoms with van der Waals surface area (Å²) >= 11 is 0. The molecule has 0 atom stereocenters. The average molecular weight is 426 g/mol. The van der Waals surface area contributed by atoms with Crippen molar-refractivity contribution in [1.29, 1.82) is 0 Å². The van der Waals surface area contributed by atoms with Crippen LogP contribution in [0.4, 0.5) is 5.69 Å². The van der Waals surface area contributed by atoms with Gasteiger partial charge in [-0.05, 0) is 42.2 Å². The monoisotopic (exact) mass is 425 g/mol. The van der Waals surface area contributed by atoms with Gasteiger partial charge in [0.15, 0.2) is 6.61 Å². The Morgan fingerprint density at radius 1 is 0.968 bits per heavy atom. The maximum Gasteiger partial charge on any atom is 0.258 e. The van der Waals surface area contributed by atoms with E-state index in [1.54, 1.807) is 24.3 Å². The van der Waals surface area contributed by atoms with Crippen LogP contribution in [0.5, 0.6) is 5.75 Å². The minimum Gasteiger partial charge on any atom is -0.483 e. The molecule has 166 valence electrons. The molecule has 0 spiro atoms. The molecule has 0 saturated heterocycles. The molecule has 0 unspecified atom stereocenters. The van der Waals surface area contributed by atoms with Gasteiger partial charge in [-0.2, -0.15) is 0 Å². The van der Waals surface area contributed by atoms with Gasteiger partial charge < -0.3 is 20.7 Å². The summed E-state index contributed by atoms with van der Waals surface area (Å²) in [6, 6.07) is 12.6. The van der Waals surface area contributed by atoms with Crippen molar-refractivity contribution >= 4 is 23.4 Å². The number of carbonyl (C=O) groups is 3. The van der Waals surface area contributed by atoms with E-state index in [1.807, 2.05) is 19.1 Å². The molecule has 0 fully saturated rings. The number of hydrogen-bond donors (Lipinski definition) is 3. The van der Waals surface area contributed by atoms with Gasteiger partial charge in [-0.3, -0.25) is 14.4 Å². The Morgan fingerprint density at radius 2 is 1.68 bits per heavy atom. The Hall–Kier alpha value is -3.35.